The average molecular weight is 190 g/mol. The zero-order valence-corrected chi connectivity index (χ0v) is 7.71. The van der Waals surface area contributed by atoms with Gasteiger partial charge in [-0.05, 0) is 24.5 Å². The Kier molecular flexibility index (Phi) is 2.02. The van der Waals surface area contributed by atoms with Crippen LogP contribution >= 0.6 is 0 Å². The maximum Gasteiger partial charge on any atom is 0.260 e. The highest BCUT2D eigenvalue weighted by Gasteiger charge is 2.32. The molecule has 4 heteroatoms. The SMILES string of the molecule is [NH]C1(N)CCc2ccccc2NC1=O. The van der Waals surface area contributed by atoms with Crippen LogP contribution in [0.5, 0.6) is 0 Å². The molecule has 0 saturated carbocycles. The number of fused-ring (bicyclic) bond motifs is 1. The van der Waals surface area contributed by atoms with Crippen LogP contribution in [-0.4, -0.2) is 11.6 Å². The number of rotatable bonds is 0. The van der Waals surface area contributed by atoms with Gasteiger partial charge in [0.05, 0.1) is 0 Å². The van der Waals surface area contributed by atoms with Crippen molar-refractivity contribution in [3.63, 3.8) is 0 Å². The number of amides is 1. The highest BCUT2D eigenvalue weighted by Crippen LogP contribution is 2.23. The Morgan fingerprint density at radius 3 is 2.93 bits per heavy atom. The molecular formula is C10H12N3O. The molecule has 73 valence electrons. The van der Waals surface area contributed by atoms with E-state index in [1.807, 2.05) is 24.3 Å². The Hall–Kier alpha value is -1.39. The normalized spacial score (nSPS) is 19.4. The van der Waals surface area contributed by atoms with E-state index in [-0.39, 0.29) is 0 Å². The minimum absolute atomic E-state index is 0.357. The molecule has 1 aliphatic rings. The van der Waals surface area contributed by atoms with E-state index in [1.165, 1.54) is 0 Å². The molecule has 0 saturated heterocycles. The third-order valence-electron chi connectivity index (χ3n) is 2.46. The quantitative estimate of drug-likeness (QED) is 0.625. The van der Waals surface area contributed by atoms with Crippen LogP contribution in [0.3, 0.4) is 0 Å². The van der Waals surface area contributed by atoms with Gasteiger partial charge in [-0.2, -0.15) is 0 Å². The van der Waals surface area contributed by atoms with Gasteiger partial charge in [0.1, 0.15) is 0 Å². The Bertz CT molecular complexity index is 373. The number of carbonyl (C=O) groups is 1. The van der Waals surface area contributed by atoms with Gasteiger partial charge in [0.25, 0.3) is 5.91 Å². The van der Waals surface area contributed by atoms with E-state index < -0.39 is 11.6 Å². The van der Waals surface area contributed by atoms with Crippen LogP contribution in [0.15, 0.2) is 24.3 Å². The van der Waals surface area contributed by atoms with Gasteiger partial charge < -0.3 is 11.1 Å². The summed E-state index contributed by atoms with van der Waals surface area (Å²) in [4.78, 5) is 11.5. The fraction of sp³-hybridized carbons (Fsp3) is 0.300. The molecule has 4 nitrogen and oxygen atoms in total. The first-order valence-corrected chi connectivity index (χ1v) is 4.53. The molecule has 2 rings (SSSR count). The minimum atomic E-state index is -1.50. The smallest absolute Gasteiger partial charge is 0.260 e. The Morgan fingerprint density at radius 2 is 2.14 bits per heavy atom. The van der Waals surface area contributed by atoms with Gasteiger partial charge in [-0.25, -0.2) is 5.73 Å². The number of para-hydroxylation sites is 1. The highest BCUT2D eigenvalue weighted by molar-refractivity contribution is 5.98. The van der Waals surface area contributed by atoms with E-state index in [4.69, 9.17) is 11.5 Å². The molecule has 1 radical (unpaired) electrons. The van der Waals surface area contributed by atoms with Crippen LogP contribution in [0.4, 0.5) is 5.69 Å². The van der Waals surface area contributed by atoms with Gasteiger partial charge in [0, 0.05) is 5.69 Å². The van der Waals surface area contributed by atoms with Gasteiger partial charge in [-0.3, -0.25) is 4.79 Å². The summed E-state index contributed by atoms with van der Waals surface area (Å²) in [7, 11) is 0. The van der Waals surface area contributed by atoms with Crippen molar-refractivity contribution in [2.75, 3.05) is 5.32 Å². The van der Waals surface area contributed by atoms with Gasteiger partial charge in [-0.15, -0.1) is 0 Å². The lowest BCUT2D eigenvalue weighted by Crippen LogP contribution is -2.52. The number of nitrogens with two attached hydrogens (primary N) is 1. The highest BCUT2D eigenvalue weighted by atomic mass is 16.2. The molecule has 0 aromatic heterocycles. The molecule has 0 aliphatic carbocycles. The first-order chi connectivity index (χ1) is 6.59. The Balaban J connectivity index is 2.38. The molecule has 1 aliphatic heterocycles. The number of hydrogen-bond donors (Lipinski definition) is 2. The molecule has 1 aromatic carbocycles. The van der Waals surface area contributed by atoms with E-state index in [2.05, 4.69) is 5.32 Å². The maximum atomic E-state index is 11.5. The lowest BCUT2D eigenvalue weighted by Gasteiger charge is -2.18. The number of carbonyl (C=O) groups excluding carboxylic acids is 1. The van der Waals surface area contributed by atoms with E-state index in [1.54, 1.807) is 0 Å². The van der Waals surface area contributed by atoms with Crippen molar-refractivity contribution in [3.8, 4) is 0 Å². The minimum Gasteiger partial charge on any atom is -0.323 e. The van der Waals surface area contributed by atoms with E-state index >= 15 is 0 Å². The summed E-state index contributed by atoms with van der Waals surface area (Å²) in [5, 5.41) is 2.66. The maximum absolute atomic E-state index is 11.5. The van der Waals surface area contributed by atoms with E-state index in [9.17, 15) is 4.79 Å². The van der Waals surface area contributed by atoms with Crippen molar-refractivity contribution in [1.82, 2.24) is 5.73 Å². The lowest BCUT2D eigenvalue weighted by atomic mass is 10.0. The molecule has 1 atom stereocenters. The second-order valence-corrected chi connectivity index (χ2v) is 3.58. The Morgan fingerprint density at radius 1 is 1.43 bits per heavy atom. The summed E-state index contributed by atoms with van der Waals surface area (Å²) in [6.45, 7) is 0. The van der Waals surface area contributed by atoms with Crippen molar-refractivity contribution in [3.05, 3.63) is 29.8 Å². The fourth-order valence-electron chi connectivity index (χ4n) is 1.54. The van der Waals surface area contributed by atoms with Gasteiger partial charge in [0.2, 0.25) is 0 Å². The van der Waals surface area contributed by atoms with Gasteiger partial charge in [0.15, 0.2) is 5.66 Å². The third kappa shape index (κ3) is 1.49. The summed E-state index contributed by atoms with van der Waals surface area (Å²) in [6, 6.07) is 7.54. The molecule has 1 unspecified atom stereocenters. The van der Waals surface area contributed by atoms with Crippen molar-refractivity contribution >= 4 is 11.6 Å². The van der Waals surface area contributed by atoms with Crippen LogP contribution in [0.1, 0.15) is 12.0 Å². The topological polar surface area (TPSA) is 78.9 Å². The Labute approximate surface area is 82.3 Å². The largest absolute Gasteiger partial charge is 0.323 e. The third-order valence-corrected chi connectivity index (χ3v) is 2.46. The summed E-state index contributed by atoms with van der Waals surface area (Å²) in [6.07, 6.45) is 1.02. The van der Waals surface area contributed by atoms with Crippen LogP contribution in [0.25, 0.3) is 0 Å². The first kappa shape index (κ1) is 9.18. The van der Waals surface area contributed by atoms with Crippen LogP contribution < -0.4 is 16.8 Å². The number of benzene rings is 1. The van der Waals surface area contributed by atoms with Gasteiger partial charge >= 0.3 is 0 Å². The molecule has 1 amide bonds. The summed E-state index contributed by atoms with van der Waals surface area (Å²) in [5.41, 5.74) is 13.5. The molecule has 1 aromatic rings. The van der Waals surface area contributed by atoms with Crippen molar-refractivity contribution in [1.29, 1.82) is 0 Å². The number of aryl methyl sites for hydroxylation is 1. The number of hydrogen-bond acceptors (Lipinski definition) is 2. The molecule has 1 heterocycles. The van der Waals surface area contributed by atoms with Crippen LogP contribution in [-0.2, 0) is 11.2 Å². The van der Waals surface area contributed by atoms with Crippen LogP contribution in [0.2, 0.25) is 0 Å². The number of nitrogens with one attached hydrogen (secondary N) is 2. The second-order valence-electron chi connectivity index (χ2n) is 3.58. The van der Waals surface area contributed by atoms with Crippen molar-refractivity contribution in [2.45, 2.75) is 18.5 Å². The van der Waals surface area contributed by atoms with Crippen molar-refractivity contribution < 1.29 is 4.79 Å². The second kappa shape index (κ2) is 3.08. The average Bonchev–Trinajstić information content (AvgIpc) is 2.26. The summed E-state index contributed by atoms with van der Waals surface area (Å²) >= 11 is 0. The molecular weight excluding hydrogens is 178 g/mol. The standard InChI is InChI=1S/C10H12N3O/c11-10(12)6-5-7-3-1-2-4-8(7)13-9(10)14/h1-4,11H,5-6,12H2,(H,13,14). The predicted octanol–water partition coefficient (Wildman–Crippen LogP) is 0.509. The molecule has 4 N–H and O–H groups in total. The van der Waals surface area contributed by atoms with E-state index in [0.29, 0.717) is 12.8 Å². The molecule has 0 bridgehead atoms. The monoisotopic (exact) mass is 190 g/mol. The first-order valence-electron chi connectivity index (χ1n) is 4.53. The number of anilines is 1. The lowest BCUT2D eigenvalue weighted by molar-refractivity contribution is -0.121. The summed E-state index contributed by atoms with van der Waals surface area (Å²) < 4.78 is 0. The summed E-state index contributed by atoms with van der Waals surface area (Å²) in [5.74, 6) is -0.428. The zero-order valence-electron chi connectivity index (χ0n) is 7.71. The van der Waals surface area contributed by atoms with Crippen LogP contribution in [0, 0.1) is 0 Å². The molecule has 0 spiro atoms. The zero-order chi connectivity index (χ0) is 10.2. The fourth-order valence-corrected chi connectivity index (χ4v) is 1.54. The molecule has 0 fully saturated rings. The van der Waals surface area contributed by atoms with Crippen molar-refractivity contribution in [2.24, 2.45) is 5.73 Å². The molecule has 14 heavy (non-hydrogen) atoms. The predicted molar refractivity (Wildman–Crippen MR) is 53.4 cm³/mol. The van der Waals surface area contributed by atoms with Gasteiger partial charge in [-0.1, -0.05) is 18.2 Å². The van der Waals surface area contributed by atoms with E-state index in [0.717, 1.165) is 11.3 Å².